The lowest BCUT2D eigenvalue weighted by atomic mass is 10.1. The number of nitrogens with two attached hydrogens (primary N) is 1. The van der Waals surface area contributed by atoms with Crippen LogP contribution in [-0.2, 0) is 6.54 Å². The minimum Gasteiger partial charge on any atom is -0.398 e. The van der Waals surface area contributed by atoms with Crippen molar-refractivity contribution in [1.82, 2.24) is 4.90 Å². The first-order valence-corrected chi connectivity index (χ1v) is 6.68. The normalized spacial score (nSPS) is 9.95. The second kappa shape index (κ2) is 6.29. The lowest BCUT2D eigenvalue weighted by Crippen LogP contribution is -2.26. The summed E-state index contributed by atoms with van der Waals surface area (Å²) in [5.74, 6) is -0.138. The van der Waals surface area contributed by atoms with Crippen molar-refractivity contribution in [2.75, 3.05) is 12.8 Å². The van der Waals surface area contributed by atoms with Crippen LogP contribution < -0.4 is 5.73 Å². The molecule has 1 amide bonds. The highest BCUT2D eigenvalue weighted by Gasteiger charge is 2.13. The molecule has 0 heterocycles. The number of hydrogen-bond acceptors (Lipinski definition) is 3. The SMILES string of the molecule is CN(Cc1ccc(C#N)cc1)C(=O)c1ccc(N)c(Cl)c1. The van der Waals surface area contributed by atoms with Gasteiger partial charge in [0.15, 0.2) is 0 Å². The second-order valence-corrected chi connectivity index (χ2v) is 5.11. The maximum atomic E-state index is 12.3. The largest absolute Gasteiger partial charge is 0.398 e. The molecule has 0 spiro atoms. The summed E-state index contributed by atoms with van der Waals surface area (Å²) in [5.41, 5.74) is 8.12. The van der Waals surface area contributed by atoms with Crippen LogP contribution in [0.1, 0.15) is 21.5 Å². The van der Waals surface area contributed by atoms with Gasteiger partial charge in [-0.3, -0.25) is 4.79 Å². The van der Waals surface area contributed by atoms with E-state index in [4.69, 9.17) is 22.6 Å². The van der Waals surface area contributed by atoms with E-state index in [0.29, 0.717) is 28.4 Å². The average Bonchev–Trinajstić information content (AvgIpc) is 2.50. The predicted octanol–water partition coefficient (Wildman–Crippen LogP) is 3.07. The van der Waals surface area contributed by atoms with Gasteiger partial charge in [0.05, 0.1) is 22.3 Å². The molecule has 0 radical (unpaired) electrons. The van der Waals surface area contributed by atoms with E-state index in [9.17, 15) is 4.79 Å². The van der Waals surface area contributed by atoms with Gasteiger partial charge in [-0.15, -0.1) is 0 Å². The third kappa shape index (κ3) is 3.53. The highest BCUT2D eigenvalue weighted by molar-refractivity contribution is 6.33. The Kier molecular flexibility index (Phi) is 4.46. The number of benzene rings is 2. The molecule has 2 aromatic rings. The van der Waals surface area contributed by atoms with Crippen molar-refractivity contribution in [2.24, 2.45) is 0 Å². The third-order valence-electron chi connectivity index (χ3n) is 3.10. The number of halogens is 1. The van der Waals surface area contributed by atoms with E-state index in [-0.39, 0.29) is 5.91 Å². The minimum atomic E-state index is -0.138. The minimum absolute atomic E-state index is 0.138. The van der Waals surface area contributed by atoms with Crippen LogP contribution in [-0.4, -0.2) is 17.9 Å². The molecule has 0 aromatic heterocycles. The molecule has 0 saturated heterocycles. The molecular formula is C16H14ClN3O. The molecule has 0 atom stereocenters. The van der Waals surface area contributed by atoms with E-state index in [2.05, 4.69) is 6.07 Å². The smallest absolute Gasteiger partial charge is 0.253 e. The lowest BCUT2D eigenvalue weighted by Gasteiger charge is -2.17. The van der Waals surface area contributed by atoms with E-state index in [1.807, 2.05) is 12.1 Å². The summed E-state index contributed by atoms with van der Waals surface area (Å²) in [7, 11) is 1.71. The molecule has 4 nitrogen and oxygen atoms in total. The zero-order valence-corrected chi connectivity index (χ0v) is 12.3. The molecule has 21 heavy (non-hydrogen) atoms. The van der Waals surface area contributed by atoms with E-state index in [1.165, 1.54) is 0 Å². The Morgan fingerprint density at radius 3 is 2.52 bits per heavy atom. The Hall–Kier alpha value is -2.51. The maximum absolute atomic E-state index is 12.3. The molecule has 0 saturated carbocycles. The summed E-state index contributed by atoms with van der Waals surface area (Å²) in [6.07, 6.45) is 0. The summed E-state index contributed by atoms with van der Waals surface area (Å²) in [6.45, 7) is 0.451. The molecule has 0 aliphatic carbocycles. The molecule has 2 N–H and O–H groups in total. The summed E-state index contributed by atoms with van der Waals surface area (Å²) in [4.78, 5) is 13.9. The van der Waals surface area contributed by atoms with Crippen LogP contribution >= 0.6 is 11.6 Å². The van der Waals surface area contributed by atoms with E-state index in [0.717, 1.165) is 5.56 Å². The highest BCUT2D eigenvalue weighted by Crippen LogP contribution is 2.20. The molecular weight excluding hydrogens is 286 g/mol. The van der Waals surface area contributed by atoms with Gasteiger partial charge in [-0.1, -0.05) is 23.7 Å². The zero-order valence-electron chi connectivity index (χ0n) is 11.5. The van der Waals surface area contributed by atoms with Gasteiger partial charge in [0.25, 0.3) is 5.91 Å². The monoisotopic (exact) mass is 299 g/mol. The number of carbonyl (C=O) groups excluding carboxylic acids is 1. The fourth-order valence-corrected chi connectivity index (χ4v) is 2.09. The molecule has 0 aliphatic heterocycles. The van der Waals surface area contributed by atoms with Crippen LogP contribution in [0.5, 0.6) is 0 Å². The van der Waals surface area contributed by atoms with Gasteiger partial charge in [-0.05, 0) is 35.9 Å². The van der Waals surface area contributed by atoms with Crippen molar-refractivity contribution in [3.8, 4) is 6.07 Å². The lowest BCUT2D eigenvalue weighted by molar-refractivity contribution is 0.0785. The number of anilines is 1. The molecule has 5 heteroatoms. The number of nitrogen functional groups attached to an aromatic ring is 1. The van der Waals surface area contributed by atoms with Crippen molar-refractivity contribution >= 4 is 23.2 Å². The van der Waals surface area contributed by atoms with Crippen molar-refractivity contribution in [3.05, 3.63) is 64.2 Å². The van der Waals surface area contributed by atoms with Crippen LogP contribution in [0.3, 0.4) is 0 Å². The number of carbonyl (C=O) groups is 1. The van der Waals surface area contributed by atoms with Crippen molar-refractivity contribution < 1.29 is 4.79 Å². The number of nitrogens with zero attached hydrogens (tertiary/aromatic N) is 2. The Morgan fingerprint density at radius 1 is 1.29 bits per heavy atom. The molecule has 2 aromatic carbocycles. The third-order valence-corrected chi connectivity index (χ3v) is 3.42. The molecule has 0 unspecified atom stereocenters. The van der Waals surface area contributed by atoms with Gasteiger partial charge >= 0.3 is 0 Å². The van der Waals surface area contributed by atoms with Gasteiger partial charge < -0.3 is 10.6 Å². The Labute approximate surface area is 128 Å². The van der Waals surface area contributed by atoms with E-state index >= 15 is 0 Å². The molecule has 106 valence electrons. The van der Waals surface area contributed by atoms with E-state index in [1.54, 1.807) is 42.3 Å². The summed E-state index contributed by atoms with van der Waals surface area (Å²) in [6, 6.07) is 14.0. The molecule has 2 rings (SSSR count). The Bertz CT molecular complexity index is 704. The topological polar surface area (TPSA) is 70.1 Å². The first kappa shape index (κ1) is 14.9. The standard InChI is InChI=1S/C16H14ClN3O/c1-20(10-12-4-2-11(9-18)3-5-12)16(21)13-6-7-15(19)14(17)8-13/h2-8H,10,19H2,1H3. The van der Waals surface area contributed by atoms with Crippen LogP contribution in [0.25, 0.3) is 0 Å². The number of amides is 1. The second-order valence-electron chi connectivity index (χ2n) is 4.71. The van der Waals surface area contributed by atoms with Crippen molar-refractivity contribution in [3.63, 3.8) is 0 Å². The Morgan fingerprint density at radius 2 is 1.95 bits per heavy atom. The van der Waals surface area contributed by atoms with Gasteiger partial charge in [0.2, 0.25) is 0 Å². The van der Waals surface area contributed by atoms with Gasteiger partial charge in [-0.25, -0.2) is 0 Å². The van der Waals surface area contributed by atoms with Gasteiger partial charge in [-0.2, -0.15) is 5.26 Å². The van der Waals surface area contributed by atoms with Crippen LogP contribution in [0.15, 0.2) is 42.5 Å². The molecule has 0 fully saturated rings. The number of rotatable bonds is 3. The summed E-state index contributed by atoms with van der Waals surface area (Å²) in [5, 5.41) is 9.13. The van der Waals surface area contributed by atoms with Crippen molar-refractivity contribution in [2.45, 2.75) is 6.54 Å². The summed E-state index contributed by atoms with van der Waals surface area (Å²) < 4.78 is 0. The fourth-order valence-electron chi connectivity index (χ4n) is 1.91. The summed E-state index contributed by atoms with van der Waals surface area (Å²) >= 11 is 5.93. The first-order valence-electron chi connectivity index (χ1n) is 6.31. The maximum Gasteiger partial charge on any atom is 0.253 e. The van der Waals surface area contributed by atoms with Crippen LogP contribution in [0.2, 0.25) is 5.02 Å². The Balaban J connectivity index is 2.11. The highest BCUT2D eigenvalue weighted by atomic mass is 35.5. The van der Waals surface area contributed by atoms with Crippen LogP contribution in [0.4, 0.5) is 5.69 Å². The van der Waals surface area contributed by atoms with Crippen LogP contribution in [0, 0.1) is 11.3 Å². The van der Waals surface area contributed by atoms with Gasteiger partial charge in [0.1, 0.15) is 0 Å². The zero-order chi connectivity index (χ0) is 15.4. The number of nitriles is 1. The van der Waals surface area contributed by atoms with Crippen molar-refractivity contribution in [1.29, 1.82) is 5.26 Å². The quantitative estimate of drug-likeness (QED) is 0.885. The van der Waals surface area contributed by atoms with Gasteiger partial charge in [0, 0.05) is 19.2 Å². The van der Waals surface area contributed by atoms with E-state index < -0.39 is 0 Å². The number of hydrogen-bond donors (Lipinski definition) is 1. The molecule has 0 bridgehead atoms. The predicted molar refractivity (Wildman–Crippen MR) is 82.8 cm³/mol. The molecule has 0 aliphatic rings. The average molecular weight is 300 g/mol. The first-order chi connectivity index (χ1) is 10.0. The fraction of sp³-hybridized carbons (Fsp3) is 0.125.